The summed E-state index contributed by atoms with van der Waals surface area (Å²) in [5.41, 5.74) is 0. The minimum Gasteiger partial charge on any atom is -0.396 e. The van der Waals surface area contributed by atoms with Crippen molar-refractivity contribution in [1.29, 1.82) is 0 Å². The van der Waals surface area contributed by atoms with E-state index >= 15 is 0 Å². The lowest BCUT2D eigenvalue weighted by atomic mass is 9.63. The quantitative estimate of drug-likeness (QED) is 0.234. The monoisotopic (exact) mass is 474 g/mol. The van der Waals surface area contributed by atoms with Crippen molar-refractivity contribution in [3.05, 3.63) is 0 Å². The predicted octanol–water partition coefficient (Wildman–Crippen LogP) is 10.3. The number of hydrogen-bond donors (Lipinski definition) is 1. The molecule has 0 aromatic carbocycles. The number of rotatable bonds is 15. The van der Waals surface area contributed by atoms with Crippen molar-refractivity contribution in [1.82, 2.24) is 0 Å². The second-order valence-electron chi connectivity index (χ2n) is 13.1. The van der Waals surface area contributed by atoms with Crippen LogP contribution in [0.3, 0.4) is 0 Å². The lowest BCUT2D eigenvalue weighted by molar-refractivity contribution is 0.0688. The van der Waals surface area contributed by atoms with Gasteiger partial charge in [0.15, 0.2) is 0 Å². The number of unbranched alkanes of at least 4 members (excludes halogenated alkanes) is 6. The number of hydrogen-bond acceptors (Lipinski definition) is 1. The molecule has 0 spiro atoms. The first-order valence-corrected chi connectivity index (χ1v) is 16.4. The van der Waals surface area contributed by atoms with Crippen molar-refractivity contribution in [2.75, 3.05) is 6.61 Å². The van der Waals surface area contributed by atoms with Crippen LogP contribution in [-0.2, 0) is 0 Å². The second-order valence-corrected chi connectivity index (χ2v) is 13.1. The molecule has 3 saturated carbocycles. The molecule has 1 unspecified atom stereocenters. The maximum atomic E-state index is 9.88. The topological polar surface area (TPSA) is 20.2 Å². The first-order chi connectivity index (χ1) is 16.7. The van der Waals surface area contributed by atoms with Crippen LogP contribution in [0.4, 0.5) is 0 Å². The molecule has 0 aromatic heterocycles. The van der Waals surface area contributed by atoms with Crippen LogP contribution >= 0.6 is 0 Å². The molecule has 34 heavy (non-hydrogen) atoms. The zero-order valence-corrected chi connectivity index (χ0v) is 23.5. The molecule has 1 N–H and O–H groups in total. The first kappa shape index (κ1) is 28.5. The van der Waals surface area contributed by atoms with Crippen molar-refractivity contribution in [2.24, 2.45) is 41.4 Å². The summed E-state index contributed by atoms with van der Waals surface area (Å²) in [6, 6.07) is 0. The van der Waals surface area contributed by atoms with E-state index in [1.807, 2.05) is 0 Å². The summed E-state index contributed by atoms with van der Waals surface area (Å²) < 4.78 is 0. The van der Waals surface area contributed by atoms with Crippen molar-refractivity contribution >= 4 is 0 Å². The van der Waals surface area contributed by atoms with Crippen LogP contribution in [0.25, 0.3) is 0 Å². The average molecular weight is 475 g/mol. The fourth-order valence-electron chi connectivity index (χ4n) is 8.62. The Morgan fingerprint density at radius 2 is 0.941 bits per heavy atom. The van der Waals surface area contributed by atoms with Crippen molar-refractivity contribution in [3.8, 4) is 0 Å². The molecule has 0 heterocycles. The molecule has 0 aromatic rings. The van der Waals surface area contributed by atoms with Crippen LogP contribution in [0.1, 0.15) is 162 Å². The zero-order valence-electron chi connectivity index (χ0n) is 23.5. The van der Waals surface area contributed by atoms with Gasteiger partial charge in [-0.3, -0.25) is 0 Å². The molecule has 0 amide bonds. The highest BCUT2D eigenvalue weighted by Crippen LogP contribution is 2.47. The highest BCUT2D eigenvalue weighted by atomic mass is 16.3. The van der Waals surface area contributed by atoms with Gasteiger partial charge in [-0.05, 0) is 99.2 Å². The van der Waals surface area contributed by atoms with Gasteiger partial charge in [-0.25, -0.2) is 0 Å². The molecule has 3 aliphatic rings. The standard InChI is InChI=1S/C33H62O/c1-3-5-7-8-10-12-28-13-17-29(18-14-28)30-21-23-32(24-22-30)33(25-26-34)31-19-15-27(16-20-31)11-9-6-4-2/h27-34H,3-26H2,1-2H3. The molecule has 0 bridgehead atoms. The summed E-state index contributed by atoms with van der Waals surface area (Å²) in [5.74, 6) is 6.82. The Balaban J connectivity index is 1.34. The second kappa shape index (κ2) is 16.7. The maximum absolute atomic E-state index is 9.88. The summed E-state index contributed by atoms with van der Waals surface area (Å²) in [4.78, 5) is 0. The Labute approximate surface area is 214 Å². The van der Waals surface area contributed by atoms with E-state index in [-0.39, 0.29) is 0 Å². The molecule has 0 radical (unpaired) electrons. The molecule has 3 fully saturated rings. The third kappa shape index (κ3) is 9.44. The summed E-state index contributed by atoms with van der Waals surface area (Å²) >= 11 is 0. The Hall–Kier alpha value is -0.0400. The largest absolute Gasteiger partial charge is 0.396 e. The van der Waals surface area contributed by atoms with Gasteiger partial charge in [-0.1, -0.05) is 104 Å². The molecule has 0 aliphatic heterocycles. The summed E-state index contributed by atoms with van der Waals surface area (Å²) in [6.07, 6.45) is 33.6. The van der Waals surface area contributed by atoms with Gasteiger partial charge in [-0.15, -0.1) is 0 Å². The fraction of sp³-hybridized carbons (Fsp3) is 1.00. The molecule has 200 valence electrons. The lowest BCUT2D eigenvalue weighted by Gasteiger charge is -2.43. The van der Waals surface area contributed by atoms with Gasteiger partial charge in [0.1, 0.15) is 0 Å². The minimum absolute atomic E-state index is 0.420. The van der Waals surface area contributed by atoms with Gasteiger partial charge in [0.2, 0.25) is 0 Å². The fourth-order valence-corrected chi connectivity index (χ4v) is 8.62. The Morgan fingerprint density at radius 3 is 1.47 bits per heavy atom. The normalized spacial score (nSPS) is 33.6. The van der Waals surface area contributed by atoms with Crippen LogP contribution in [-0.4, -0.2) is 11.7 Å². The lowest BCUT2D eigenvalue weighted by Crippen LogP contribution is -2.33. The smallest absolute Gasteiger partial charge is 0.0433 e. The summed E-state index contributed by atoms with van der Waals surface area (Å²) in [6.45, 7) is 5.07. The SMILES string of the molecule is CCCCCCCC1CCC(C2CCC(C(CCO)C3CCC(CCCCC)CC3)CC2)CC1. The first-order valence-electron chi connectivity index (χ1n) is 16.4. The van der Waals surface area contributed by atoms with E-state index in [1.165, 1.54) is 141 Å². The van der Waals surface area contributed by atoms with E-state index in [1.54, 1.807) is 0 Å². The maximum Gasteiger partial charge on any atom is 0.0433 e. The van der Waals surface area contributed by atoms with Gasteiger partial charge in [0, 0.05) is 6.61 Å². The Morgan fingerprint density at radius 1 is 0.529 bits per heavy atom. The molecule has 0 saturated heterocycles. The molecule has 1 heteroatoms. The van der Waals surface area contributed by atoms with Gasteiger partial charge in [0.25, 0.3) is 0 Å². The predicted molar refractivity (Wildman–Crippen MR) is 149 cm³/mol. The molecule has 3 rings (SSSR count). The molecule has 3 aliphatic carbocycles. The summed E-state index contributed by atoms with van der Waals surface area (Å²) in [7, 11) is 0. The van der Waals surface area contributed by atoms with Crippen LogP contribution in [0.5, 0.6) is 0 Å². The van der Waals surface area contributed by atoms with E-state index < -0.39 is 0 Å². The van der Waals surface area contributed by atoms with Crippen molar-refractivity contribution in [3.63, 3.8) is 0 Å². The molecule has 1 atom stereocenters. The zero-order chi connectivity index (χ0) is 24.0. The van der Waals surface area contributed by atoms with Gasteiger partial charge >= 0.3 is 0 Å². The van der Waals surface area contributed by atoms with E-state index in [4.69, 9.17) is 0 Å². The van der Waals surface area contributed by atoms with E-state index in [0.29, 0.717) is 6.61 Å². The van der Waals surface area contributed by atoms with Crippen LogP contribution in [0.15, 0.2) is 0 Å². The van der Waals surface area contributed by atoms with E-state index in [9.17, 15) is 5.11 Å². The van der Waals surface area contributed by atoms with Gasteiger partial charge < -0.3 is 5.11 Å². The number of aliphatic hydroxyl groups is 1. The minimum atomic E-state index is 0.420. The van der Waals surface area contributed by atoms with Crippen molar-refractivity contribution < 1.29 is 5.11 Å². The van der Waals surface area contributed by atoms with Crippen molar-refractivity contribution in [2.45, 2.75) is 162 Å². The average Bonchev–Trinajstić information content (AvgIpc) is 2.88. The molecular formula is C33H62O. The molecular weight excluding hydrogens is 412 g/mol. The Kier molecular flexibility index (Phi) is 14.0. The molecule has 1 nitrogen and oxygen atoms in total. The summed E-state index contributed by atoms with van der Waals surface area (Å²) in [5, 5.41) is 9.88. The van der Waals surface area contributed by atoms with Crippen LogP contribution < -0.4 is 0 Å². The van der Waals surface area contributed by atoms with Gasteiger partial charge in [0.05, 0.1) is 0 Å². The van der Waals surface area contributed by atoms with E-state index in [2.05, 4.69) is 13.8 Å². The third-order valence-electron chi connectivity index (χ3n) is 10.9. The van der Waals surface area contributed by atoms with Gasteiger partial charge in [-0.2, -0.15) is 0 Å². The highest BCUT2D eigenvalue weighted by molar-refractivity contribution is 4.87. The third-order valence-corrected chi connectivity index (χ3v) is 10.9. The van der Waals surface area contributed by atoms with Crippen LogP contribution in [0.2, 0.25) is 0 Å². The van der Waals surface area contributed by atoms with E-state index in [0.717, 1.165) is 47.8 Å². The Bertz CT molecular complexity index is 477. The van der Waals surface area contributed by atoms with Crippen LogP contribution in [0, 0.1) is 41.4 Å². The number of aliphatic hydroxyl groups excluding tert-OH is 1. The highest BCUT2D eigenvalue weighted by Gasteiger charge is 2.36.